The summed E-state index contributed by atoms with van der Waals surface area (Å²) in [6.45, 7) is 0. The fraction of sp³-hybridized carbons (Fsp3) is 0.375. The molecule has 2 heterocycles. The molecule has 0 unspecified atom stereocenters. The molecule has 0 saturated carbocycles. The molecule has 106 valence electrons. The molecule has 0 aromatic carbocycles. The van der Waals surface area contributed by atoms with Gasteiger partial charge in [-0.15, -0.1) is 0 Å². The van der Waals surface area contributed by atoms with Crippen molar-refractivity contribution in [3.8, 4) is 0 Å². The Balaban J connectivity index is 0.000000526. The SMILES string of the molecule is Cn1c(=O)c2c(ncn2C)n(C)c1=O.O=P([O-])(O)O.[Na+]. The molecule has 0 saturated heterocycles. The average Bonchev–Trinajstić information content (AvgIpc) is 2.63. The van der Waals surface area contributed by atoms with Gasteiger partial charge in [-0.3, -0.25) is 18.5 Å². The molecule has 0 spiro atoms. The van der Waals surface area contributed by atoms with E-state index in [-0.39, 0.29) is 40.8 Å². The fourth-order valence-corrected chi connectivity index (χ4v) is 1.47. The van der Waals surface area contributed by atoms with Gasteiger partial charge in [0, 0.05) is 21.1 Å². The van der Waals surface area contributed by atoms with Gasteiger partial charge in [-0.1, -0.05) is 0 Å². The van der Waals surface area contributed by atoms with E-state index >= 15 is 0 Å². The second-order valence-electron chi connectivity index (χ2n) is 3.72. The van der Waals surface area contributed by atoms with E-state index < -0.39 is 7.82 Å². The van der Waals surface area contributed by atoms with Crippen LogP contribution < -0.4 is 45.7 Å². The fourth-order valence-electron chi connectivity index (χ4n) is 1.47. The van der Waals surface area contributed by atoms with Gasteiger partial charge in [0.2, 0.25) is 0 Å². The number of rotatable bonds is 0. The minimum atomic E-state index is -4.89. The molecule has 12 heteroatoms. The average molecular weight is 314 g/mol. The molecule has 2 aromatic heterocycles. The summed E-state index contributed by atoms with van der Waals surface area (Å²) >= 11 is 0. The van der Waals surface area contributed by atoms with Crippen molar-refractivity contribution in [1.29, 1.82) is 0 Å². The molecule has 0 bridgehead atoms. The molecular formula is C8H12N4NaO6P. The molecule has 2 aromatic rings. The Morgan fingerprint density at radius 1 is 1.20 bits per heavy atom. The van der Waals surface area contributed by atoms with E-state index in [9.17, 15) is 9.59 Å². The number of aromatic nitrogens is 4. The first-order valence-electron chi connectivity index (χ1n) is 4.87. The molecule has 10 nitrogen and oxygen atoms in total. The Bertz CT molecular complexity index is 763. The van der Waals surface area contributed by atoms with Gasteiger partial charge in [0.1, 0.15) is 0 Å². The predicted octanol–water partition coefficient (Wildman–Crippen LogP) is -5.59. The van der Waals surface area contributed by atoms with Crippen molar-refractivity contribution in [2.75, 3.05) is 0 Å². The van der Waals surface area contributed by atoms with E-state index in [1.807, 2.05) is 0 Å². The maximum atomic E-state index is 11.7. The van der Waals surface area contributed by atoms with Crippen molar-refractivity contribution in [3.63, 3.8) is 0 Å². The number of hydrogen-bond donors (Lipinski definition) is 2. The van der Waals surface area contributed by atoms with Crippen LogP contribution in [0.4, 0.5) is 0 Å². The molecule has 0 radical (unpaired) electrons. The summed E-state index contributed by atoms with van der Waals surface area (Å²) in [5.41, 5.74) is 0.180. The number of imidazole rings is 1. The monoisotopic (exact) mass is 314 g/mol. The molecule has 20 heavy (non-hydrogen) atoms. The number of fused-ring (bicyclic) bond motifs is 1. The maximum Gasteiger partial charge on any atom is 1.00 e. The van der Waals surface area contributed by atoms with Crippen LogP contribution in [0.1, 0.15) is 0 Å². The third-order valence-electron chi connectivity index (χ3n) is 2.32. The quantitative estimate of drug-likeness (QED) is 0.364. The van der Waals surface area contributed by atoms with Crippen LogP contribution in [0.15, 0.2) is 15.9 Å². The first-order chi connectivity index (χ1) is 8.54. The van der Waals surface area contributed by atoms with Crippen molar-refractivity contribution in [3.05, 3.63) is 27.2 Å². The maximum absolute atomic E-state index is 11.7. The minimum absolute atomic E-state index is 0. The van der Waals surface area contributed by atoms with Crippen LogP contribution in [0, 0.1) is 0 Å². The summed E-state index contributed by atoms with van der Waals surface area (Å²) in [6, 6.07) is 0. The number of phosphoric acid groups is 1. The van der Waals surface area contributed by atoms with Gasteiger partial charge < -0.3 is 19.2 Å². The van der Waals surface area contributed by atoms with E-state index in [0.29, 0.717) is 11.2 Å². The summed E-state index contributed by atoms with van der Waals surface area (Å²) in [5.74, 6) is 0. The standard InChI is InChI=1S/C8H10N4O2.Na.H3O4P/c1-10-4-9-6-5(10)7(13)12(3)8(14)11(6)2;;1-5(2,3)4/h4H,1-3H3;;(H3,1,2,3,4)/q;+1;/p-1. The van der Waals surface area contributed by atoms with Crippen LogP contribution in [-0.2, 0) is 25.7 Å². The van der Waals surface area contributed by atoms with Gasteiger partial charge in [0.15, 0.2) is 11.2 Å². The molecule has 2 rings (SSSR count). The zero-order valence-electron chi connectivity index (χ0n) is 11.3. The van der Waals surface area contributed by atoms with E-state index in [1.165, 1.54) is 17.9 Å². The molecule has 0 aliphatic rings. The Hall–Kier alpha value is -0.740. The van der Waals surface area contributed by atoms with Gasteiger partial charge in [0.05, 0.1) is 6.33 Å². The first kappa shape index (κ1) is 19.3. The van der Waals surface area contributed by atoms with Gasteiger partial charge >= 0.3 is 35.2 Å². The van der Waals surface area contributed by atoms with Gasteiger partial charge in [-0.25, -0.2) is 9.78 Å². The zero-order valence-corrected chi connectivity index (χ0v) is 14.2. The smallest absolute Gasteiger partial charge is 0.756 e. The number of nitrogens with zero attached hydrogens (tertiary/aromatic N) is 4. The second-order valence-corrected chi connectivity index (χ2v) is 4.71. The van der Waals surface area contributed by atoms with E-state index in [2.05, 4.69) is 4.98 Å². The van der Waals surface area contributed by atoms with Gasteiger partial charge in [-0.05, 0) is 0 Å². The van der Waals surface area contributed by atoms with Crippen molar-refractivity contribution < 1.29 is 48.8 Å². The van der Waals surface area contributed by atoms with Crippen LogP contribution in [-0.4, -0.2) is 28.5 Å². The molecule has 0 atom stereocenters. The number of hydrogen-bond acceptors (Lipinski definition) is 5. The molecule has 2 N–H and O–H groups in total. The van der Waals surface area contributed by atoms with Crippen molar-refractivity contribution in [2.45, 2.75) is 0 Å². The third-order valence-corrected chi connectivity index (χ3v) is 2.32. The summed E-state index contributed by atoms with van der Waals surface area (Å²) in [4.78, 5) is 50.1. The summed E-state index contributed by atoms with van der Waals surface area (Å²) in [7, 11) is -0.116. The number of aryl methyl sites for hydroxylation is 2. The largest absolute Gasteiger partial charge is 1.00 e. The Morgan fingerprint density at radius 3 is 2.10 bits per heavy atom. The van der Waals surface area contributed by atoms with E-state index in [4.69, 9.17) is 19.2 Å². The Morgan fingerprint density at radius 2 is 1.65 bits per heavy atom. The summed E-state index contributed by atoms with van der Waals surface area (Å²) < 4.78 is 12.8. The summed E-state index contributed by atoms with van der Waals surface area (Å²) in [6.07, 6.45) is 1.52. The molecule has 0 amide bonds. The second kappa shape index (κ2) is 6.81. The normalized spacial score (nSPS) is 10.7. The topological polar surface area (TPSA) is 142 Å². The summed E-state index contributed by atoms with van der Waals surface area (Å²) in [5, 5.41) is 0. The van der Waals surface area contributed by atoms with Crippen LogP contribution in [0.25, 0.3) is 11.2 Å². The van der Waals surface area contributed by atoms with Crippen LogP contribution >= 0.6 is 7.82 Å². The zero-order chi connectivity index (χ0) is 15.0. The molecule has 0 aliphatic heterocycles. The predicted molar refractivity (Wildman–Crippen MR) is 63.2 cm³/mol. The van der Waals surface area contributed by atoms with Gasteiger partial charge in [0.25, 0.3) is 13.4 Å². The first-order valence-corrected chi connectivity index (χ1v) is 6.40. The van der Waals surface area contributed by atoms with Crippen LogP contribution in [0.2, 0.25) is 0 Å². The van der Waals surface area contributed by atoms with Gasteiger partial charge in [-0.2, -0.15) is 0 Å². The van der Waals surface area contributed by atoms with Crippen molar-refractivity contribution in [2.24, 2.45) is 21.1 Å². The van der Waals surface area contributed by atoms with Crippen LogP contribution in [0.5, 0.6) is 0 Å². The molecule has 0 fully saturated rings. The Kier molecular flexibility index (Phi) is 6.56. The molecular weight excluding hydrogens is 302 g/mol. The van der Waals surface area contributed by atoms with Crippen LogP contribution in [0.3, 0.4) is 0 Å². The van der Waals surface area contributed by atoms with Crippen molar-refractivity contribution in [1.82, 2.24) is 18.7 Å². The molecule has 0 aliphatic carbocycles. The van der Waals surface area contributed by atoms with E-state index in [1.54, 1.807) is 18.7 Å². The van der Waals surface area contributed by atoms with Crippen molar-refractivity contribution >= 4 is 19.0 Å². The Labute approximate surface area is 134 Å². The van der Waals surface area contributed by atoms with E-state index in [0.717, 1.165) is 4.57 Å². The minimum Gasteiger partial charge on any atom is -0.756 e. The third kappa shape index (κ3) is 4.38.